The predicted molar refractivity (Wildman–Crippen MR) is 43.8 cm³/mol. The highest BCUT2D eigenvalue weighted by atomic mass is 32.2. The molecule has 0 amide bonds. The fraction of sp³-hybridized carbons (Fsp3) is 0.143. The van der Waals surface area contributed by atoms with E-state index in [0.717, 1.165) is 6.42 Å². The summed E-state index contributed by atoms with van der Waals surface area (Å²) in [5.41, 5.74) is 2.36. The van der Waals surface area contributed by atoms with E-state index in [1.54, 1.807) is 0 Å². The number of rotatable bonds is 0. The lowest BCUT2D eigenvalue weighted by atomic mass is 10.3. The summed E-state index contributed by atoms with van der Waals surface area (Å²) < 4.78 is 6.29. The third-order valence-corrected chi connectivity index (χ3v) is 2.10. The molecule has 0 fully saturated rings. The van der Waals surface area contributed by atoms with Gasteiger partial charge in [0.25, 0.3) is 0 Å². The van der Waals surface area contributed by atoms with E-state index < -0.39 is 0 Å². The average Bonchev–Trinajstić information content (AvgIpc) is 2.28. The molecule has 0 atom stereocenters. The summed E-state index contributed by atoms with van der Waals surface area (Å²) in [6, 6.07) is 0. The molecule has 3 heteroatoms. The van der Waals surface area contributed by atoms with Crippen molar-refractivity contribution in [1.29, 1.82) is 0 Å². The molecule has 52 valence electrons. The number of nitrogens with one attached hydrogen (secondary N) is 2. The third kappa shape index (κ3) is 0.926. The maximum absolute atomic E-state index is 3.15. The van der Waals surface area contributed by atoms with Crippen molar-refractivity contribution in [3.63, 3.8) is 0 Å². The molecule has 0 radical (unpaired) electrons. The van der Waals surface area contributed by atoms with Crippen LogP contribution in [0.1, 0.15) is 6.42 Å². The van der Waals surface area contributed by atoms with Gasteiger partial charge < -0.3 is 9.44 Å². The summed E-state index contributed by atoms with van der Waals surface area (Å²) in [5, 5.41) is 0. The summed E-state index contributed by atoms with van der Waals surface area (Å²) in [6.07, 6.45) is 9.50. The monoisotopic (exact) mass is 152 g/mol. The minimum Gasteiger partial charge on any atom is -0.310 e. The molecule has 2 aliphatic rings. The van der Waals surface area contributed by atoms with Crippen LogP contribution < -0.4 is 9.44 Å². The lowest BCUT2D eigenvalue weighted by Crippen LogP contribution is -1.94. The van der Waals surface area contributed by atoms with Crippen LogP contribution in [0.4, 0.5) is 0 Å². The van der Waals surface area contributed by atoms with Gasteiger partial charge in [0.1, 0.15) is 0 Å². The van der Waals surface area contributed by atoms with E-state index in [2.05, 4.69) is 33.7 Å². The van der Waals surface area contributed by atoms with Crippen LogP contribution in [0, 0.1) is 0 Å². The fourth-order valence-corrected chi connectivity index (χ4v) is 1.57. The van der Waals surface area contributed by atoms with E-state index in [1.807, 2.05) is 0 Å². The summed E-state index contributed by atoms with van der Waals surface area (Å²) in [5.74, 6) is 0. The summed E-state index contributed by atoms with van der Waals surface area (Å²) in [7, 11) is 0. The predicted octanol–water partition coefficient (Wildman–Crippen LogP) is 1.47. The van der Waals surface area contributed by atoms with Gasteiger partial charge >= 0.3 is 0 Å². The largest absolute Gasteiger partial charge is 0.310 e. The van der Waals surface area contributed by atoms with Gasteiger partial charge in [-0.15, -0.1) is 0 Å². The van der Waals surface area contributed by atoms with E-state index in [0.29, 0.717) is 0 Å². The summed E-state index contributed by atoms with van der Waals surface area (Å²) in [6.45, 7) is 0. The second kappa shape index (κ2) is 2.42. The van der Waals surface area contributed by atoms with E-state index >= 15 is 0 Å². The Morgan fingerprint density at radius 2 is 1.70 bits per heavy atom. The Balaban J connectivity index is 2.34. The smallest absolute Gasteiger partial charge is 0.0694 e. The van der Waals surface area contributed by atoms with Crippen LogP contribution in [-0.2, 0) is 0 Å². The van der Waals surface area contributed by atoms with Crippen LogP contribution in [0.3, 0.4) is 0 Å². The second-order valence-corrected chi connectivity index (χ2v) is 2.79. The van der Waals surface area contributed by atoms with Crippen molar-refractivity contribution < 1.29 is 0 Å². The maximum atomic E-state index is 3.15. The Bertz CT molecular complexity index is 206. The molecule has 0 saturated carbocycles. The molecule has 10 heavy (non-hydrogen) atoms. The zero-order valence-corrected chi connectivity index (χ0v) is 6.24. The van der Waals surface area contributed by atoms with Crippen molar-refractivity contribution in [3.05, 3.63) is 35.7 Å². The summed E-state index contributed by atoms with van der Waals surface area (Å²) >= 11 is 1.51. The molecule has 2 nitrogen and oxygen atoms in total. The molecule has 0 aromatic heterocycles. The quantitative estimate of drug-likeness (QED) is 0.514. The van der Waals surface area contributed by atoms with Crippen LogP contribution in [0.5, 0.6) is 0 Å². The molecule has 1 aliphatic heterocycles. The van der Waals surface area contributed by atoms with Gasteiger partial charge in [0.05, 0.1) is 23.5 Å². The lowest BCUT2D eigenvalue weighted by molar-refractivity contribution is 1.24. The molecule has 1 heterocycles. The minimum atomic E-state index is 1.03. The molecule has 0 spiro atoms. The Hall–Kier alpha value is -0.830. The van der Waals surface area contributed by atoms with Crippen LogP contribution in [0.15, 0.2) is 35.7 Å². The normalized spacial score (nSPS) is 21.6. The van der Waals surface area contributed by atoms with Gasteiger partial charge in [0.2, 0.25) is 0 Å². The molecule has 0 saturated heterocycles. The first-order valence-electron chi connectivity index (χ1n) is 3.22. The standard InChI is InChI=1S/C7H8N2S/c1-2-4-6-7(5-3-1)9-10-8-6/h2-5,8-9H,1H2. The van der Waals surface area contributed by atoms with Crippen molar-refractivity contribution in [2.45, 2.75) is 6.42 Å². The Labute approximate surface area is 64.3 Å². The minimum absolute atomic E-state index is 1.03. The molecule has 2 rings (SSSR count). The molecular formula is C7H8N2S. The average molecular weight is 152 g/mol. The topological polar surface area (TPSA) is 24.1 Å². The molecule has 0 bridgehead atoms. The molecular weight excluding hydrogens is 144 g/mol. The first-order valence-corrected chi connectivity index (χ1v) is 4.04. The summed E-state index contributed by atoms with van der Waals surface area (Å²) in [4.78, 5) is 0. The van der Waals surface area contributed by atoms with Crippen LogP contribution in [0.25, 0.3) is 0 Å². The highest BCUT2D eigenvalue weighted by molar-refractivity contribution is 7.96. The lowest BCUT2D eigenvalue weighted by Gasteiger charge is -1.90. The first kappa shape index (κ1) is 5.92. The van der Waals surface area contributed by atoms with Crippen molar-refractivity contribution >= 4 is 12.1 Å². The highest BCUT2D eigenvalue weighted by Crippen LogP contribution is 2.17. The van der Waals surface area contributed by atoms with Crippen molar-refractivity contribution in [3.8, 4) is 0 Å². The van der Waals surface area contributed by atoms with Crippen LogP contribution in [-0.4, -0.2) is 0 Å². The van der Waals surface area contributed by atoms with E-state index in [4.69, 9.17) is 0 Å². The van der Waals surface area contributed by atoms with Gasteiger partial charge in [-0.25, -0.2) is 0 Å². The van der Waals surface area contributed by atoms with E-state index in [9.17, 15) is 0 Å². The molecule has 0 aromatic carbocycles. The van der Waals surface area contributed by atoms with Crippen molar-refractivity contribution in [2.24, 2.45) is 0 Å². The molecule has 0 unspecified atom stereocenters. The number of hydrogen-bond donors (Lipinski definition) is 2. The Kier molecular flexibility index (Phi) is 1.43. The Morgan fingerprint density at radius 3 is 2.30 bits per heavy atom. The van der Waals surface area contributed by atoms with Gasteiger partial charge in [0, 0.05) is 0 Å². The van der Waals surface area contributed by atoms with Gasteiger partial charge in [-0.1, -0.05) is 12.2 Å². The van der Waals surface area contributed by atoms with Crippen molar-refractivity contribution in [2.75, 3.05) is 0 Å². The van der Waals surface area contributed by atoms with E-state index in [1.165, 1.54) is 23.5 Å². The second-order valence-electron chi connectivity index (χ2n) is 2.17. The zero-order chi connectivity index (χ0) is 6.81. The third-order valence-electron chi connectivity index (χ3n) is 1.45. The van der Waals surface area contributed by atoms with Gasteiger partial charge in [0.15, 0.2) is 0 Å². The highest BCUT2D eigenvalue weighted by Gasteiger charge is 2.09. The van der Waals surface area contributed by atoms with E-state index in [-0.39, 0.29) is 0 Å². The molecule has 2 N–H and O–H groups in total. The van der Waals surface area contributed by atoms with Gasteiger partial charge in [-0.3, -0.25) is 0 Å². The maximum Gasteiger partial charge on any atom is 0.0694 e. The zero-order valence-electron chi connectivity index (χ0n) is 5.42. The Morgan fingerprint density at radius 1 is 1.10 bits per heavy atom. The number of allylic oxidation sites excluding steroid dienone is 4. The fourth-order valence-electron chi connectivity index (χ4n) is 0.943. The molecule has 1 aliphatic carbocycles. The van der Waals surface area contributed by atoms with Crippen molar-refractivity contribution in [1.82, 2.24) is 9.44 Å². The van der Waals surface area contributed by atoms with Crippen LogP contribution >= 0.6 is 12.1 Å². The van der Waals surface area contributed by atoms with Crippen LogP contribution in [0.2, 0.25) is 0 Å². The first-order chi connectivity index (χ1) is 4.97. The molecule has 0 aromatic rings. The van der Waals surface area contributed by atoms with Gasteiger partial charge in [-0.2, -0.15) is 0 Å². The number of hydrogen-bond acceptors (Lipinski definition) is 3. The SMILES string of the molecule is C1=CC2=C(C=CC1)NSN2. The van der Waals surface area contributed by atoms with Gasteiger partial charge in [-0.05, 0) is 18.6 Å².